The summed E-state index contributed by atoms with van der Waals surface area (Å²) >= 11 is 0. The molecule has 1 N–H and O–H groups in total. The summed E-state index contributed by atoms with van der Waals surface area (Å²) < 4.78 is 10.9. The Morgan fingerprint density at radius 1 is 1.07 bits per heavy atom. The minimum absolute atomic E-state index is 0.280. The maximum atomic E-state index is 12.8. The van der Waals surface area contributed by atoms with Crippen LogP contribution in [0.4, 0.5) is 0 Å². The number of fused-ring (bicyclic) bond motifs is 1. The Balaban J connectivity index is 1.34. The fourth-order valence-corrected chi connectivity index (χ4v) is 3.81. The Bertz CT molecular complexity index is 890. The van der Waals surface area contributed by atoms with Crippen molar-refractivity contribution in [2.75, 3.05) is 26.3 Å². The molecule has 29 heavy (non-hydrogen) atoms. The van der Waals surface area contributed by atoms with Gasteiger partial charge in [0.05, 0.1) is 18.8 Å². The van der Waals surface area contributed by atoms with Gasteiger partial charge in [0, 0.05) is 32.6 Å². The molecule has 152 valence electrons. The fourth-order valence-electron chi connectivity index (χ4n) is 3.81. The summed E-state index contributed by atoms with van der Waals surface area (Å²) in [5, 5.41) is 2.92. The zero-order valence-electron chi connectivity index (χ0n) is 16.6. The molecule has 0 radical (unpaired) electrons. The molecular weight excluding hydrogens is 368 g/mol. The van der Waals surface area contributed by atoms with E-state index < -0.39 is 11.6 Å². The van der Waals surface area contributed by atoms with Gasteiger partial charge in [-0.3, -0.25) is 9.69 Å². The summed E-state index contributed by atoms with van der Waals surface area (Å²) in [6.07, 6.45) is 0.374. The maximum absolute atomic E-state index is 12.8. The van der Waals surface area contributed by atoms with E-state index in [4.69, 9.17) is 9.47 Å². The molecule has 4 rings (SSSR count). The highest BCUT2D eigenvalue weighted by molar-refractivity contribution is 5.97. The Hall–Kier alpha value is -2.70. The molecule has 6 heteroatoms. The summed E-state index contributed by atoms with van der Waals surface area (Å²) in [6, 6.07) is 15.5. The van der Waals surface area contributed by atoms with Gasteiger partial charge >= 0.3 is 5.97 Å². The van der Waals surface area contributed by atoms with Crippen LogP contribution in [-0.4, -0.2) is 48.7 Å². The smallest absolute Gasteiger partial charge is 0.339 e. The van der Waals surface area contributed by atoms with Crippen molar-refractivity contribution < 1.29 is 19.1 Å². The van der Waals surface area contributed by atoms with Gasteiger partial charge in [-0.25, -0.2) is 4.79 Å². The van der Waals surface area contributed by atoms with E-state index in [9.17, 15) is 9.59 Å². The SMILES string of the molecule is CC1(C(=O)NCc2ccc(CN3CCOCC3)cc2)Cc2ccccc2C(=O)O1. The lowest BCUT2D eigenvalue weighted by molar-refractivity contribution is -0.139. The Kier molecular flexibility index (Phi) is 5.65. The molecule has 2 aliphatic heterocycles. The van der Waals surface area contributed by atoms with Crippen LogP contribution in [0.1, 0.15) is 34.0 Å². The largest absolute Gasteiger partial charge is 0.445 e. The van der Waals surface area contributed by atoms with E-state index in [-0.39, 0.29) is 5.91 Å². The minimum Gasteiger partial charge on any atom is -0.445 e. The number of hydrogen-bond donors (Lipinski definition) is 1. The van der Waals surface area contributed by atoms with Gasteiger partial charge < -0.3 is 14.8 Å². The maximum Gasteiger partial charge on any atom is 0.339 e. The van der Waals surface area contributed by atoms with Crippen molar-refractivity contribution in [1.29, 1.82) is 0 Å². The molecule has 0 spiro atoms. The van der Waals surface area contributed by atoms with Crippen LogP contribution in [0.2, 0.25) is 0 Å². The summed E-state index contributed by atoms with van der Waals surface area (Å²) in [4.78, 5) is 27.4. The third kappa shape index (κ3) is 4.49. The molecule has 0 bridgehead atoms. The van der Waals surface area contributed by atoms with E-state index in [0.29, 0.717) is 18.5 Å². The standard InChI is InChI=1S/C23H26N2O4/c1-23(14-19-4-2-3-5-20(19)21(26)29-23)22(27)24-15-17-6-8-18(9-7-17)16-25-10-12-28-13-11-25/h2-9H,10-16H2,1H3,(H,24,27). The molecule has 1 fully saturated rings. The second kappa shape index (κ2) is 8.35. The van der Waals surface area contributed by atoms with Crippen LogP contribution in [0.15, 0.2) is 48.5 Å². The number of cyclic esters (lactones) is 1. The number of carbonyl (C=O) groups excluding carboxylic acids is 2. The minimum atomic E-state index is -1.19. The summed E-state index contributed by atoms with van der Waals surface area (Å²) in [5.74, 6) is -0.727. The molecule has 6 nitrogen and oxygen atoms in total. The van der Waals surface area contributed by atoms with E-state index in [2.05, 4.69) is 22.3 Å². The van der Waals surface area contributed by atoms with Crippen LogP contribution in [-0.2, 0) is 33.8 Å². The molecule has 1 atom stereocenters. The Labute approximate surface area is 170 Å². The molecular formula is C23H26N2O4. The van der Waals surface area contributed by atoms with Crippen LogP contribution in [0.5, 0.6) is 0 Å². The molecule has 0 aliphatic carbocycles. The number of esters is 1. The van der Waals surface area contributed by atoms with Crippen molar-refractivity contribution in [3.8, 4) is 0 Å². The van der Waals surface area contributed by atoms with Gasteiger partial charge in [-0.2, -0.15) is 0 Å². The van der Waals surface area contributed by atoms with Gasteiger partial charge in [0.2, 0.25) is 0 Å². The topological polar surface area (TPSA) is 67.9 Å². The number of carbonyl (C=O) groups is 2. The summed E-state index contributed by atoms with van der Waals surface area (Å²) in [5.41, 5.74) is 2.44. The molecule has 0 aromatic heterocycles. The van der Waals surface area contributed by atoms with Crippen molar-refractivity contribution in [1.82, 2.24) is 10.2 Å². The van der Waals surface area contributed by atoms with Gasteiger partial charge in [0.25, 0.3) is 5.91 Å². The van der Waals surface area contributed by atoms with Crippen molar-refractivity contribution in [3.05, 3.63) is 70.8 Å². The first-order chi connectivity index (χ1) is 14.0. The number of nitrogens with zero attached hydrogens (tertiary/aromatic N) is 1. The van der Waals surface area contributed by atoms with Gasteiger partial charge in [-0.05, 0) is 29.7 Å². The predicted molar refractivity (Wildman–Crippen MR) is 108 cm³/mol. The molecule has 2 aliphatic rings. The third-order valence-corrected chi connectivity index (χ3v) is 5.55. The van der Waals surface area contributed by atoms with E-state index in [1.54, 1.807) is 19.1 Å². The van der Waals surface area contributed by atoms with Crippen molar-refractivity contribution in [2.24, 2.45) is 0 Å². The average Bonchev–Trinajstić information content (AvgIpc) is 2.73. The Morgan fingerprint density at radius 2 is 1.76 bits per heavy atom. The zero-order valence-corrected chi connectivity index (χ0v) is 16.6. The van der Waals surface area contributed by atoms with Gasteiger partial charge in [0.1, 0.15) is 0 Å². The Morgan fingerprint density at radius 3 is 2.52 bits per heavy atom. The summed E-state index contributed by atoms with van der Waals surface area (Å²) in [6.45, 7) is 6.46. The lowest BCUT2D eigenvalue weighted by Gasteiger charge is -2.33. The highest BCUT2D eigenvalue weighted by atomic mass is 16.6. The molecule has 1 amide bonds. The second-order valence-electron chi connectivity index (χ2n) is 7.84. The van der Waals surface area contributed by atoms with E-state index in [0.717, 1.165) is 44.0 Å². The lowest BCUT2D eigenvalue weighted by atomic mass is 9.89. The monoisotopic (exact) mass is 394 g/mol. The first kappa shape index (κ1) is 19.6. The normalized spacial score (nSPS) is 21.9. The van der Waals surface area contributed by atoms with Crippen LogP contribution in [0, 0.1) is 0 Å². The van der Waals surface area contributed by atoms with Gasteiger partial charge in [-0.15, -0.1) is 0 Å². The number of amides is 1. The second-order valence-corrected chi connectivity index (χ2v) is 7.84. The number of ether oxygens (including phenoxy) is 2. The van der Waals surface area contributed by atoms with E-state index in [1.165, 1.54) is 5.56 Å². The molecule has 2 heterocycles. The number of benzene rings is 2. The first-order valence-corrected chi connectivity index (χ1v) is 10.0. The van der Waals surface area contributed by atoms with Gasteiger partial charge in [-0.1, -0.05) is 42.5 Å². The molecule has 1 unspecified atom stereocenters. The highest BCUT2D eigenvalue weighted by Gasteiger charge is 2.42. The summed E-state index contributed by atoms with van der Waals surface area (Å²) in [7, 11) is 0. The van der Waals surface area contributed by atoms with Crippen LogP contribution in [0.25, 0.3) is 0 Å². The average molecular weight is 394 g/mol. The molecule has 1 saturated heterocycles. The fraction of sp³-hybridized carbons (Fsp3) is 0.391. The highest BCUT2D eigenvalue weighted by Crippen LogP contribution is 2.28. The van der Waals surface area contributed by atoms with Gasteiger partial charge in [0.15, 0.2) is 5.60 Å². The number of hydrogen-bond acceptors (Lipinski definition) is 5. The number of morpholine rings is 1. The molecule has 2 aromatic rings. The third-order valence-electron chi connectivity index (χ3n) is 5.55. The quantitative estimate of drug-likeness (QED) is 0.789. The van der Waals surface area contributed by atoms with Crippen LogP contribution in [0.3, 0.4) is 0 Å². The van der Waals surface area contributed by atoms with Crippen molar-refractivity contribution >= 4 is 11.9 Å². The number of rotatable bonds is 5. The van der Waals surface area contributed by atoms with E-state index in [1.807, 2.05) is 24.3 Å². The van der Waals surface area contributed by atoms with Crippen molar-refractivity contribution in [3.63, 3.8) is 0 Å². The van der Waals surface area contributed by atoms with Crippen molar-refractivity contribution in [2.45, 2.75) is 32.0 Å². The zero-order chi connectivity index (χ0) is 20.3. The molecule has 2 aromatic carbocycles. The first-order valence-electron chi connectivity index (χ1n) is 10.0. The van der Waals surface area contributed by atoms with Crippen LogP contribution >= 0.6 is 0 Å². The van der Waals surface area contributed by atoms with Crippen LogP contribution < -0.4 is 5.32 Å². The van der Waals surface area contributed by atoms with E-state index >= 15 is 0 Å². The molecule has 0 saturated carbocycles. The number of nitrogens with one attached hydrogen (secondary N) is 1. The predicted octanol–water partition coefficient (Wildman–Crippen LogP) is 2.31. The lowest BCUT2D eigenvalue weighted by Crippen LogP contribution is -2.51.